The van der Waals surface area contributed by atoms with E-state index in [2.05, 4.69) is 25.8 Å². The second-order valence-electron chi connectivity index (χ2n) is 9.20. The summed E-state index contributed by atoms with van der Waals surface area (Å²) >= 11 is 0. The number of aromatic nitrogens is 2. The fourth-order valence-corrected chi connectivity index (χ4v) is 11.0. The number of nitrogens with one attached hydrogen (secondary N) is 1. The van der Waals surface area contributed by atoms with Crippen molar-refractivity contribution in [2.75, 3.05) is 6.61 Å². The highest BCUT2D eigenvalue weighted by molar-refractivity contribution is 6.74. The van der Waals surface area contributed by atoms with Crippen molar-refractivity contribution in [2.24, 2.45) is 0 Å². The minimum absolute atomic E-state index is 0.563. The smallest absolute Gasteiger partial charge is 0.330 e. The van der Waals surface area contributed by atoms with Crippen LogP contribution in [0.25, 0.3) is 0 Å². The minimum atomic E-state index is -2.57. The normalized spacial score (nSPS) is 28.4. The fourth-order valence-electron chi connectivity index (χ4n) is 4.98. The van der Waals surface area contributed by atoms with Gasteiger partial charge in [0, 0.05) is 12.3 Å². The van der Waals surface area contributed by atoms with Crippen molar-refractivity contribution in [1.82, 2.24) is 9.55 Å². The molecule has 1 aromatic heterocycles. The Morgan fingerprint density at radius 2 is 1.58 bits per heavy atom. The Hall–Kier alpha value is -1.12. The van der Waals surface area contributed by atoms with Crippen LogP contribution >= 0.6 is 0 Å². The molecule has 190 valence electrons. The summed E-state index contributed by atoms with van der Waals surface area (Å²) in [6.45, 7) is 13.1. The van der Waals surface area contributed by atoms with Gasteiger partial charge in [-0.25, -0.2) is 9.18 Å². The Morgan fingerprint density at radius 3 is 2.00 bits per heavy atom. The summed E-state index contributed by atoms with van der Waals surface area (Å²) in [4.78, 5) is 26.6. The van der Waals surface area contributed by atoms with E-state index in [0.29, 0.717) is 0 Å². The Kier molecular flexibility index (Phi) is 9.08. The van der Waals surface area contributed by atoms with E-state index in [1.165, 1.54) is 12.3 Å². The molecule has 0 unspecified atom stereocenters. The zero-order chi connectivity index (χ0) is 25.1. The minimum Gasteiger partial charge on any atom is -0.405 e. The van der Waals surface area contributed by atoms with Gasteiger partial charge in [-0.3, -0.25) is 14.3 Å². The Bertz CT molecular complexity index is 887. The number of hydrogen-bond donors (Lipinski definition) is 2. The van der Waals surface area contributed by atoms with Crippen molar-refractivity contribution < 1.29 is 23.1 Å². The van der Waals surface area contributed by atoms with Crippen molar-refractivity contribution in [3.63, 3.8) is 0 Å². The van der Waals surface area contributed by atoms with Gasteiger partial charge >= 0.3 is 5.69 Å². The number of nitrogens with zero attached hydrogens (tertiary/aromatic N) is 1. The average Bonchev–Trinajstić information content (AvgIpc) is 3.03. The molecule has 0 amide bonds. The number of alkyl halides is 1. The quantitative estimate of drug-likeness (QED) is 0.419. The highest BCUT2D eigenvalue weighted by Crippen LogP contribution is 2.52. The lowest BCUT2D eigenvalue weighted by Gasteiger charge is -2.46. The molecule has 0 aromatic carbocycles. The Balaban J connectivity index is 2.76. The van der Waals surface area contributed by atoms with Gasteiger partial charge in [0.25, 0.3) is 11.4 Å². The van der Waals surface area contributed by atoms with Gasteiger partial charge in [0.05, 0.1) is 0 Å². The summed E-state index contributed by atoms with van der Waals surface area (Å²) in [5.74, 6) is -2.57. The van der Waals surface area contributed by atoms with E-state index in [1.54, 1.807) is 6.92 Å². The van der Waals surface area contributed by atoms with Crippen LogP contribution in [0.2, 0.25) is 36.3 Å². The van der Waals surface area contributed by atoms with Crippen LogP contribution in [0.1, 0.15) is 54.7 Å². The molecular formula is C22H41FN2O6Si2. The first kappa shape index (κ1) is 28.1. The number of aromatic amines is 1. The van der Waals surface area contributed by atoms with Gasteiger partial charge in [0.2, 0.25) is 0 Å². The molecule has 2 rings (SSSR count). The second kappa shape index (κ2) is 10.7. The molecule has 8 nitrogen and oxygen atoms in total. The molecule has 0 bridgehead atoms. The summed E-state index contributed by atoms with van der Waals surface area (Å²) in [5, 5.41) is 10.1. The third-order valence-corrected chi connectivity index (χ3v) is 17.0. The first-order chi connectivity index (χ1) is 15.5. The van der Waals surface area contributed by atoms with E-state index in [-0.39, 0.29) is 0 Å². The first-order valence-electron chi connectivity index (χ1n) is 12.1. The summed E-state index contributed by atoms with van der Waals surface area (Å²) in [7, 11) is -4.74. The highest BCUT2D eigenvalue weighted by atomic mass is 28.4. The lowest BCUT2D eigenvalue weighted by molar-refractivity contribution is -0.204. The van der Waals surface area contributed by atoms with Gasteiger partial charge in [0.15, 0.2) is 22.9 Å². The molecule has 2 heterocycles. The van der Waals surface area contributed by atoms with E-state index in [0.717, 1.165) is 40.8 Å². The van der Waals surface area contributed by atoms with E-state index in [1.807, 2.05) is 20.8 Å². The number of rotatable bonds is 12. The van der Waals surface area contributed by atoms with Gasteiger partial charge in [-0.2, -0.15) is 0 Å². The second-order valence-corrected chi connectivity index (χ2v) is 18.6. The predicted molar refractivity (Wildman–Crippen MR) is 131 cm³/mol. The van der Waals surface area contributed by atoms with Crippen LogP contribution in [0.4, 0.5) is 4.39 Å². The third-order valence-electron chi connectivity index (χ3n) is 7.70. The van der Waals surface area contributed by atoms with Crippen molar-refractivity contribution in [3.05, 3.63) is 33.1 Å². The average molecular weight is 505 g/mol. The van der Waals surface area contributed by atoms with Crippen LogP contribution in [0.5, 0.6) is 0 Å². The number of halogens is 1. The van der Waals surface area contributed by atoms with Crippen LogP contribution in [0, 0.1) is 0 Å². The predicted octanol–water partition coefficient (Wildman–Crippen LogP) is 3.89. The molecule has 1 aromatic rings. The molecular weight excluding hydrogens is 463 g/mol. The molecule has 33 heavy (non-hydrogen) atoms. The van der Waals surface area contributed by atoms with Gasteiger partial charge < -0.3 is 18.7 Å². The van der Waals surface area contributed by atoms with E-state index >= 15 is 4.39 Å². The molecule has 0 radical (unpaired) electrons. The number of ether oxygens (including phenoxy) is 1. The van der Waals surface area contributed by atoms with Crippen LogP contribution in [0.3, 0.4) is 0 Å². The fraction of sp³-hybridized carbons (Fsp3) is 0.818. The number of aliphatic hydroxyl groups excluding tert-OH is 1. The Morgan fingerprint density at radius 1 is 1.06 bits per heavy atom. The van der Waals surface area contributed by atoms with E-state index in [9.17, 15) is 14.7 Å². The SMILES string of the molecule is CC[Si](CC)(CC)O[C@H]1[C@@](C)(O[Si](CC)(CC)CC)[C@H](n2ccc(=O)[nH]c2=O)O[C@]1(F)CO. The van der Waals surface area contributed by atoms with Crippen LogP contribution in [-0.4, -0.2) is 55.5 Å². The lowest BCUT2D eigenvalue weighted by Crippen LogP contribution is -2.61. The number of aliphatic hydroxyl groups is 1. The van der Waals surface area contributed by atoms with Crippen molar-refractivity contribution >= 4 is 16.6 Å². The maximum atomic E-state index is 16.3. The van der Waals surface area contributed by atoms with Gasteiger partial charge in [-0.05, 0) is 43.2 Å². The standard InChI is InChI=1S/C22H41FN2O6Si2/c1-8-32(9-2,10-3)30-18-21(7,31-33(11-4,12-5)13-6)19(29-22(18,23)16-26)25-15-14-17(27)24-20(25)28/h14-15,18-19,26H,8-13,16H2,1-7H3,(H,24,27,28)/t18-,19+,21+,22+/m0/s1. The Labute approximate surface area is 197 Å². The van der Waals surface area contributed by atoms with Gasteiger partial charge in [-0.1, -0.05) is 41.5 Å². The molecule has 4 atom stereocenters. The third kappa shape index (κ3) is 5.13. The maximum Gasteiger partial charge on any atom is 0.330 e. The topological polar surface area (TPSA) is 103 Å². The largest absolute Gasteiger partial charge is 0.405 e. The molecule has 2 N–H and O–H groups in total. The van der Waals surface area contributed by atoms with E-state index in [4.69, 9.17) is 13.6 Å². The molecule has 0 aliphatic carbocycles. The summed E-state index contributed by atoms with van der Waals surface area (Å²) < 4.78 is 36.8. The zero-order valence-electron chi connectivity index (χ0n) is 21.1. The zero-order valence-corrected chi connectivity index (χ0v) is 23.1. The number of hydrogen-bond acceptors (Lipinski definition) is 6. The van der Waals surface area contributed by atoms with Crippen LogP contribution in [0.15, 0.2) is 21.9 Å². The molecule has 11 heteroatoms. The maximum absolute atomic E-state index is 16.3. The summed E-state index contributed by atoms with van der Waals surface area (Å²) in [6, 6.07) is 5.90. The van der Waals surface area contributed by atoms with Crippen molar-refractivity contribution in [1.29, 1.82) is 0 Å². The molecule has 1 aliphatic rings. The monoisotopic (exact) mass is 504 g/mol. The molecule has 0 saturated carbocycles. The van der Waals surface area contributed by atoms with Crippen LogP contribution < -0.4 is 11.2 Å². The molecule has 1 aliphatic heterocycles. The van der Waals surface area contributed by atoms with Crippen molar-refractivity contribution in [2.45, 2.75) is 109 Å². The number of H-pyrrole nitrogens is 1. The van der Waals surface area contributed by atoms with Crippen LogP contribution in [-0.2, 0) is 13.6 Å². The lowest BCUT2D eigenvalue weighted by atomic mass is 9.95. The summed E-state index contributed by atoms with van der Waals surface area (Å²) in [5.41, 5.74) is -2.69. The molecule has 1 saturated heterocycles. The van der Waals surface area contributed by atoms with Gasteiger partial charge in [-0.15, -0.1) is 0 Å². The molecule has 0 spiro atoms. The van der Waals surface area contributed by atoms with Gasteiger partial charge in [0.1, 0.15) is 18.3 Å². The first-order valence-corrected chi connectivity index (χ1v) is 17.2. The van der Waals surface area contributed by atoms with Crippen molar-refractivity contribution in [3.8, 4) is 0 Å². The summed E-state index contributed by atoms with van der Waals surface area (Å²) in [6.07, 6.45) is -1.18. The van der Waals surface area contributed by atoms with E-state index < -0.39 is 58.3 Å². The highest BCUT2D eigenvalue weighted by Gasteiger charge is 2.67. The molecule has 1 fully saturated rings.